The number of rotatable bonds is 3. The fourth-order valence-corrected chi connectivity index (χ4v) is 0.998. The maximum Gasteiger partial charge on any atom is 0.343 e. The van der Waals surface area contributed by atoms with E-state index in [1.807, 2.05) is 0 Å². The molecule has 1 rings (SSSR count). The number of nitrogens with zero attached hydrogens (tertiary/aromatic N) is 1. The van der Waals surface area contributed by atoms with Crippen LogP contribution < -0.4 is 15.2 Å². The molecule has 76 valence electrons. The molecule has 1 heterocycles. The number of carboxylic acid groups (broad SMARTS) is 1. The highest BCUT2D eigenvalue weighted by atomic mass is 16.5. The fourth-order valence-electron chi connectivity index (χ4n) is 0.998. The summed E-state index contributed by atoms with van der Waals surface area (Å²) in [6, 6.07) is 1.36. The highest BCUT2D eigenvalue weighted by Crippen LogP contribution is 2.27. The molecule has 0 atom stereocenters. The minimum atomic E-state index is -1.19. The van der Waals surface area contributed by atoms with Crippen LogP contribution in [0.2, 0.25) is 0 Å². The topological polar surface area (TPSA) is 94.7 Å². The monoisotopic (exact) mass is 198 g/mol. The molecule has 0 aliphatic rings. The van der Waals surface area contributed by atoms with Crippen molar-refractivity contribution in [2.24, 2.45) is 0 Å². The van der Waals surface area contributed by atoms with Crippen LogP contribution in [0.25, 0.3) is 0 Å². The number of carbonyl (C=O) groups is 1. The number of nitrogen functional groups attached to an aromatic ring is 1. The van der Waals surface area contributed by atoms with Crippen molar-refractivity contribution in [2.75, 3.05) is 20.0 Å². The van der Waals surface area contributed by atoms with Crippen LogP contribution in [0, 0.1) is 0 Å². The van der Waals surface area contributed by atoms with Gasteiger partial charge in [-0.3, -0.25) is 0 Å². The largest absolute Gasteiger partial charge is 0.495 e. The van der Waals surface area contributed by atoms with Gasteiger partial charge in [-0.15, -0.1) is 0 Å². The van der Waals surface area contributed by atoms with Gasteiger partial charge in [0.25, 0.3) is 0 Å². The Morgan fingerprint density at radius 3 is 2.57 bits per heavy atom. The summed E-state index contributed by atoms with van der Waals surface area (Å²) < 4.78 is 9.66. The molecule has 0 unspecified atom stereocenters. The minimum absolute atomic E-state index is 0.127. The van der Waals surface area contributed by atoms with Crippen molar-refractivity contribution in [2.45, 2.75) is 0 Å². The first-order valence-corrected chi connectivity index (χ1v) is 3.72. The van der Waals surface area contributed by atoms with E-state index in [-0.39, 0.29) is 23.0 Å². The van der Waals surface area contributed by atoms with Crippen LogP contribution in [0.3, 0.4) is 0 Å². The molecule has 6 heteroatoms. The van der Waals surface area contributed by atoms with Crippen LogP contribution in [0.4, 0.5) is 5.82 Å². The van der Waals surface area contributed by atoms with Crippen molar-refractivity contribution in [3.05, 3.63) is 11.6 Å². The van der Waals surface area contributed by atoms with E-state index in [4.69, 9.17) is 20.3 Å². The second-order valence-corrected chi connectivity index (χ2v) is 2.43. The summed E-state index contributed by atoms with van der Waals surface area (Å²) >= 11 is 0. The van der Waals surface area contributed by atoms with Crippen LogP contribution in [-0.4, -0.2) is 30.3 Å². The quantitative estimate of drug-likeness (QED) is 0.729. The summed E-state index contributed by atoms with van der Waals surface area (Å²) in [6.45, 7) is 0. The second-order valence-electron chi connectivity index (χ2n) is 2.43. The number of anilines is 1. The van der Waals surface area contributed by atoms with Gasteiger partial charge in [-0.2, -0.15) is 4.98 Å². The number of aromatic carboxylic acids is 1. The Morgan fingerprint density at radius 1 is 1.50 bits per heavy atom. The van der Waals surface area contributed by atoms with Crippen molar-refractivity contribution in [3.8, 4) is 11.6 Å². The molecular formula is C8H10N2O4. The molecule has 0 amide bonds. The molecule has 0 bridgehead atoms. The second kappa shape index (κ2) is 3.82. The van der Waals surface area contributed by atoms with Crippen LogP contribution in [0.5, 0.6) is 11.6 Å². The average molecular weight is 198 g/mol. The summed E-state index contributed by atoms with van der Waals surface area (Å²) in [7, 11) is 2.75. The number of nitrogens with two attached hydrogens (primary N) is 1. The van der Waals surface area contributed by atoms with Gasteiger partial charge in [0, 0.05) is 6.07 Å². The number of hydrogen-bond donors (Lipinski definition) is 2. The molecule has 0 radical (unpaired) electrons. The third-order valence-corrected chi connectivity index (χ3v) is 1.63. The van der Waals surface area contributed by atoms with E-state index in [1.54, 1.807) is 0 Å². The van der Waals surface area contributed by atoms with Gasteiger partial charge in [-0.25, -0.2) is 4.79 Å². The lowest BCUT2D eigenvalue weighted by Crippen LogP contribution is -2.08. The molecule has 1 aromatic heterocycles. The lowest BCUT2D eigenvalue weighted by Gasteiger charge is -2.08. The van der Waals surface area contributed by atoms with Crippen LogP contribution in [-0.2, 0) is 0 Å². The Labute approximate surface area is 80.3 Å². The first-order chi connectivity index (χ1) is 6.60. The van der Waals surface area contributed by atoms with Gasteiger partial charge < -0.3 is 20.3 Å². The van der Waals surface area contributed by atoms with Crippen molar-refractivity contribution in [1.82, 2.24) is 4.98 Å². The highest BCUT2D eigenvalue weighted by Gasteiger charge is 2.17. The highest BCUT2D eigenvalue weighted by molar-refractivity contribution is 5.95. The van der Waals surface area contributed by atoms with Crippen LogP contribution in [0.1, 0.15) is 10.4 Å². The SMILES string of the molecule is COc1cc(OC)c(C(=O)O)c(N)n1. The number of ether oxygens (including phenoxy) is 2. The lowest BCUT2D eigenvalue weighted by molar-refractivity contribution is 0.0694. The van der Waals surface area contributed by atoms with Crippen molar-refractivity contribution in [1.29, 1.82) is 0 Å². The maximum absolute atomic E-state index is 10.8. The van der Waals surface area contributed by atoms with Crippen molar-refractivity contribution >= 4 is 11.8 Å². The predicted octanol–water partition coefficient (Wildman–Crippen LogP) is 0.379. The zero-order chi connectivity index (χ0) is 10.7. The third-order valence-electron chi connectivity index (χ3n) is 1.63. The van der Waals surface area contributed by atoms with Gasteiger partial charge in [0.1, 0.15) is 17.1 Å². The number of hydrogen-bond acceptors (Lipinski definition) is 5. The number of aromatic nitrogens is 1. The van der Waals surface area contributed by atoms with E-state index < -0.39 is 5.97 Å². The smallest absolute Gasteiger partial charge is 0.343 e. The van der Waals surface area contributed by atoms with Gasteiger partial charge in [0.05, 0.1) is 14.2 Å². The molecule has 0 spiro atoms. The van der Waals surface area contributed by atoms with E-state index in [1.165, 1.54) is 20.3 Å². The Balaban J connectivity index is 3.34. The number of carboxylic acids is 1. The van der Waals surface area contributed by atoms with Gasteiger partial charge in [-0.1, -0.05) is 0 Å². The standard InChI is InChI=1S/C8H10N2O4/c1-13-4-3-5(14-2)10-7(9)6(4)8(11)12/h3H,1-2H3,(H2,9,10)(H,11,12). The van der Waals surface area contributed by atoms with Gasteiger partial charge in [-0.05, 0) is 0 Å². The first-order valence-electron chi connectivity index (χ1n) is 3.72. The molecule has 0 aromatic carbocycles. The molecule has 1 aromatic rings. The maximum atomic E-state index is 10.8. The van der Waals surface area contributed by atoms with Gasteiger partial charge >= 0.3 is 5.97 Å². The zero-order valence-corrected chi connectivity index (χ0v) is 7.77. The van der Waals surface area contributed by atoms with E-state index in [2.05, 4.69) is 4.98 Å². The molecule has 0 aliphatic carbocycles. The average Bonchev–Trinajstić information content (AvgIpc) is 2.15. The Kier molecular flexibility index (Phi) is 2.76. The molecule has 6 nitrogen and oxygen atoms in total. The van der Waals surface area contributed by atoms with E-state index in [9.17, 15) is 4.79 Å². The Hall–Kier alpha value is -1.98. The minimum Gasteiger partial charge on any atom is -0.495 e. The summed E-state index contributed by atoms with van der Waals surface area (Å²) in [6.07, 6.45) is 0. The van der Waals surface area contributed by atoms with E-state index in [0.717, 1.165) is 0 Å². The summed E-state index contributed by atoms with van der Waals surface area (Å²) in [5, 5.41) is 8.80. The molecule has 3 N–H and O–H groups in total. The summed E-state index contributed by atoms with van der Waals surface area (Å²) in [5.74, 6) is -0.977. The molecule has 0 saturated heterocycles. The molecule has 0 saturated carbocycles. The third kappa shape index (κ3) is 1.68. The van der Waals surface area contributed by atoms with Crippen molar-refractivity contribution in [3.63, 3.8) is 0 Å². The molecule has 14 heavy (non-hydrogen) atoms. The van der Waals surface area contributed by atoms with E-state index in [0.29, 0.717) is 0 Å². The molecule has 0 aliphatic heterocycles. The zero-order valence-electron chi connectivity index (χ0n) is 7.77. The Morgan fingerprint density at radius 2 is 2.14 bits per heavy atom. The molecular weight excluding hydrogens is 188 g/mol. The number of methoxy groups -OCH3 is 2. The van der Waals surface area contributed by atoms with Crippen LogP contribution in [0.15, 0.2) is 6.07 Å². The van der Waals surface area contributed by atoms with Gasteiger partial charge in [0.2, 0.25) is 5.88 Å². The van der Waals surface area contributed by atoms with Crippen LogP contribution >= 0.6 is 0 Å². The summed E-state index contributed by atoms with van der Waals surface area (Å²) in [5.41, 5.74) is 5.26. The Bertz CT molecular complexity index is 365. The van der Waals surface area contributed by atoms with Gasteiger partial charge in [0.15, 0.2) is 0 Å². The predicted molar refractivity (Wildman–Crippen MR) is 48.7 cm³/mol. The fraction of sp³-hybridized carbons (Fsp3) is 0.250. The molecule has 0 fully saturated rings. The summed E-state index contributed by atoms with van der Waals surface area (Å²) in [4.78, 5) is 14.5. The first kappa shape index (κ1) is 10.1. The van der Waals surface area contributed by atoms with E-state index >= 15 is 0 Å². The number of pyridine rings is 1. The lowest BCUT2D eigenvalue weighted by atomic mass is 10.2. The van der Waals surface area contributed by atoms with Crippen molar-refractivity contribution < 1.29 is 19.4 Å². The normalized spacial score (nSPS) is 9.57.